The van der Waals surface area contributed by atoms with E-state index in [9.17, 15) is 44.7 Å². The highest BCUT2D eigenvalue weighted by atomic mass is 16.7. The van der Waals surface area contributed by atoms with Crippen molar-refractivity contribution in [3.8, 4) is 0 Å². The van der Waals surface area contributed by atoms with Crippen molar-refractivity contribution in [2.45, 2.75) is 236 Å². The number of carbonyl (C=O) groups excluding carboxylic acids is 3. The number of ether oxygens (including phenoxy) is 2. The Balaban J connectivity index is 2.97. The standard InChI is InChI=1S/C45H85N3O11/c1-4-6-8-10-12-14-16-18-20-22-24-26-28-34(29-27-25-23-21-19-17-15-13-11-9-7-5-2)42(55)48-36(44(57)47-35(43(56)46-3)30-31-38(50)51)33-58-45-41(54)40(53)39(52)37(32-49)59-45/h34-37,39-41,45,49,52-54H,4-33H2,1-3H3,(H,46,56)(H,47,57)(H,48,55)(H,50,51)/t35-,36+,37+,39+,40-,41-,45?/m0/s1. The minimum absolute atomic E-state index is 0.199. The summed E-state index contributed by atoms with van der Waals surface area (Å²) in [6.45, 7) is 3.23. The van der Waals surface area contributed by atoms with Crippen molar-refractivity contribution in [2.75, 3.05) is 20.3 Å². The van der Waals surface area contributed by atoms with Crippen LogP contribution in [0.2, 0.25) is 0 Å². The summed E-state index contributed by atoms with van der Waals surface area (Å²) in [4.78, 5) is 51.7. The van der Waals surface area contributed by atoms with Crippen molar-refractivity contribution < 1.29 is 54.2 Å². The molecule has 1 unspecified atom stereocenters. The zero-order valence-electron chi connectivity index (χ0n) is 37.0. The molecule has 1 aliphatic heterocycles. The maximum atomic E-state index is 14.0. The molecule has 1 saturated heterocycles. The molecule has 1 aliphatic rings. The lowest BCUT2D eigenvalue weighted by atomic mass is 9.92. The van der Waals surface area contributed by atoms with Gasteiger partial charge in [-0.2, -0.15) is 0 Å². The van der Waals surface area contributed by atoms with E-state index in [1.807, 2.05) is 0 Å². The number of aliphatic hydroxyl groups is 4. The summed E-state index contributed by atoms with van der Waals surface area (Å²) in [5.41, 5.74) is 0. The molecule has 0 aromatic heterocycles. The van der Waals surface area contributed by atoms with Crippen molar-refractivity contribution in [2.24, 2.45) is 5.92 Å². The number of aliphatic hydroxyl groups excluding tert-OH is 4. The maximum absolute atomic E-state index is 14.0. The predicted octanol–water partition coefficient (Wildman–Crippen LogP) is 6.18. The van der Waals surface area contributed by atoms with Crippen LogP contribution in [-0.2, 0) is 28.7 Å². The summed E-state index contributed by atoms with van der Waals surface area (Å²) < 4.78 is 11.2. The van der Waals surface area contributed by atoms with Gasteiger partial charge in [0.05, 0.1) is 13.2 Å². The van der Waals surface area contributed by atoms with Gasteiger partial charge in [0.25, 0.3) is 0 Å². The van der Waals surface area contributed by atoms with Crippen LogP contribution in [-0.4, -0.2) is 112 Å². The number of rotatable bonds is 38. The lowest BCUT2D eigenvalue weighted by Crippen LogP contribution is -2.60. The number of unbranched alkanes of at least 4 members (excludes halogenated alkanes) is 22. The molecule has 1 rings (SSSR count). The average Bonchev–Trinajstić information content (AvgIpc) is 3.22. The molecule has 0 aromatic carbocycles. The van der Waals surface area contributed by atoms with E-state index in [0.717, 1.165) is 51.4 Å². The summed E-state index contributed by atoms with van der Waals surface area (Å²) in [7, 11) is 1.36. The number of hydrogen-bond donors (Lipinski definition) is 8. The van der Waals surface area contributed by atoms with Crippen molar-refractivity contribution in [3.63, 3.8) is 0 Å². The highest BCUT2D eigenvalue weighted by molar-refractivity contribution is 5.92. The van der Waals surface area contributed by atoms with Crippen LogP contribution < -0.4 is 16.0 Å². The van der Waals surface area contributed by atoms with E-state index >= 15 is 0 Å². The highest BCUT2D eigenvalue weighted by Gasteiger charge is 2.44. The summed E-state index contributed by atoms with van der Waals surface area (Å²) >= 11 is 0. The van der Waals surface area contributed by atoms with E-state index in [0.29, 0.717) is 12.8 Å². The number of carbonyl (C=O) groups is 4. The van der Waals surface area contributed by atoms with Crippen molar-refractivity contribution in [1.29, 1.82) is 0 Å². The summed E-state index contributed by atoms with van der Waals surface area (Å²) in [6.07, 6.45) is 21.6. The Morgan fingerprint density at radius 3 is 1.39 bits per heavy atom. The van der Waals surface area contributed by atoms with Gasteiger partial charge in [0.2, 0.25) is 17.7 Å². The van der Waals surface area contributed by atoms with Crippen LogP contribution in [0.15, 0.2) is 0 Å². The zero-order valence-corrected chi connectivity index (χ0v) is 37.0. The van der Waals surface area contributed by atoms with E-state index in [4.69, 9.17) is 9.47 Å². The molecule has 0 aromatic rings. The van der Waals surface area contributed by atoms with Gasteiger partial charge in [-0.1, -0.05) is 168 Å². The lowest BCUT2D eigenvalue weighted by Gasteiger charge is -2.40. The SMILES string of the molecule is CCCCCCCCCCCCCCC(CCCCCCCCCCCCCC)C(=O)N[C@H](COC1O[C@H](CO)[C@@H](O)[C@H](O)[C@@H]1O)C(=O)N[C@@H](CCC(=O)O)C(=O)NC. The first kappa shape index (κ1) is 54.7. The van der Waals surface area contributed by atoms with Gasteiger partial charge in [-0.3, -0.25) is 19.2 Å². The van der Waals surface area contributed by atoms with Crippen LogP contribution in [0.4, 0.5) is 0 Å². The molecule has 0 radical (unpaired) electrons. The van der Waals surface area contributed by atoms with Gasteiger partial charge in [-0.15, -0.1) is 0 Å². The third-order valence-corrected chi connectivity index (χ3v) is 11.6. The molecule has 0 saturated carbocycles. The van der Waals surface area contributed by atoms with E-state index < -0.39 is 80.2 Å². The molecule has 0 bridgehead atoms. The molecule has 346 valence electrons. The molecule has 14 nitrogen and oxygen atoms in total. The van der Waals surface area contributed by atoms with Crippen LogP contribution in [0.1, 0.15) is 194 Å². The fourth-order valence-corrected chi connectivity index (χ4v) is 7.72. The van der Waals surface area contributed by atoms with E-state index in [1.165, 1.54) is 110 Å². The van der Waals surface area contributed by atoms with E-state index in [2.05, 4.69) is 29.8 Å². The second-order valence-electron chi connectivity index (χ2n) is 16.8. The maximum Gasteiger partial charge on any atom is 0.303 e. The minimum Gasteiger partial charge on any atom is -0.481 e. The molecule has 59 heavy (non-hydrogen) atoms. The number of hydrogen-bond acceptors (Lipinski definition) is 10. The lowest BCUT2D eigenvalue weighted by molar-refractivity contribution is -0.301. The molecule has 14 heteroatoms. The number of carboxylic acids is 1. The van der Waals surface area contributed by atoms with Crippen molar-refractivity contribution in [3.05, 3.63) is 0 Å². The molecular formula is C45H85N3O11. The Morgan fingerprint density at radius 2 is 0.983 bits per heavy atom. The highest BCUT2D eigenvalue weighted by Crippen LogP contribution is 2.24. The Morgan fingerprint density at radius 1 is 0.559 bits per heavy atom. The van der Waals surface area contributed by atoms with Crippen LogP contribution in [0, 0.1) is 5.92 Å². The molecule has 3 amide bonds. The largest absolute Gasteiger partial charge is 0.481 e. The van der Waals surface area contributed by atoms with Crippen molar-refractivity contribution >= 4 is 23.7 Å². The van der Waals surface area contributed by atoms with Gasteiger partial charge < -0.3 is 51.0 Å². The van der Waals surface area contributed by atoms with Crippen LogP contribution in [0.25, 0.3) is 0 Å². The Bertz CT molecular complexity index is 1070. The van der Waals surface area contributed by atoms with Gasteiger partial charge >= 0.3 is 5.97 Å². The normalized spacial score (nSPS) is 20.3. The summed E-state index contributed by atoms with van der Waals surface area (Å²) in [6, 6.07) is -2.61. The van der Waals surface area contributed by atoms with Gasteiger partial charge in [0, 0.05) is 19.4 Å². The number of aliphatic carboxylic acids is 1. The van der Waals surface area contributed by atoms with Gasteiger partial charge in [0.15, 0.2) is 6.29 Å². The fourth-order valence-electron chi connectivity index (χ4n) is 7.72. The predicted molar refractivity (Wildman–Crippen MR) is 229 cm³/mol. The average molecular weight is 844 g/mol. The van der Waals surface area contributed by atoms with Crippen LogP contribution >= 0.6 is 0 Å². The molecule has 1 fully saturated rings. The van der Waals surface area contributed by atoms with Gasteiger partial charge in [-0.05, 0) is 19.3 Å². The van der Waals surface area contributed by atoms with Crippen LogP contribution in [0.5, 0.6) is 0 Å². The molecule has 8 N–H and O–H groups in total. The smallest absolute Gasteiger partial charge is 0.303 e. The topological polar surface area (TPSA) is 224 Å². The van der Waals surface area contributed by atoms with Crippen molar-refractivity contribution in [1.82, 2.24) is 16.0 Å². The summed E-state index contributed by atoms with van der Waals surface area (Å²) in [5, 5.41) is 57.7. The van der Waals surface area contributed by atoms with Gasteiger partial charge in [0.1, 0.15) is 36.5 Å². The number of nitrogens with one attached hydrogen (secondary N) is 3. The fraction of sp³-hybridized carbons (Fsp3) is 0.911. The summed E-state index contributed by atoms with van der Waals surface area (Å²) in [5.74, 6) is -3.31. The minimum atomic E-state index is -1.73. The quantitative estimate of drug-likeness (QED) is 0.0328. The number of carboxylic acid groups (broad SMARTS) is 1. The first-order chi connectivity index (χ1) is 28.5. The second kappa shape index (κ2) is 35.3. The van der Waals surface area contributed by atoms with Crippen LogP contribution in [0.3, 0.4) is 0 Å². The Labute approximate surface area is 355 Å². The molecule has 1 heterocycles. The number of likely N-dealkylation sites (N-methyl/N-ethyl adjacent to an activating group) is 1. The first-order valence-corrected chi connectivity index (χ1v) is 23.5. The molecule has 7 atom stereocenters. The number of amides is 3. The zero-order chi connectivity index (χ0) is 43.7. The molecule has 0 spiro atoms. The molecular weight excluding hydrogens is 759 g/mol. The third kappa shape index (κ3) is 25.2. The first-order valence-electron chi connectivity index (χ1n) is 23.5. The Kier molecular flexibility index (Phi) is 32.7. The van der Waals surface area contributed by atoms with E-state index in [1.54, 1.807) is 0 Å². The second-order valence-corrected chi connectivity index (χ2v) is 16.8. The van der Waals surface area contributed by atoms with Gasteiger partial charge in [-0.25, -0.2) is 0 Å². The van der Waals surface area contributed by atoms with E-state index in [-0.39, 0.29) is 18.2 Å². The molecule has 0 aliphatic carbocycles. The monoisotopic (exact) mass is 844 g/mol. The third-order valence-electron chi connectivity index (χ3n) is 11.6. The Hall–Kier alpha value is -2.36.